The van der Waals surface area contributed by atoms with Crippen molar-refractivity contribution >= 4 is 17.6 Å². The first kappa shape index (κ1) is 15.6. The molecule has 0 aliphatic rings. The number of aliphatic carboxylic acids is 1. The molecule has 2 aromatic rings. The molecule has 0 heterocycles. The van der Waals surface area contributed by atoms with Crippen molar-refractivity contribution in [2.24, 2.45) is 0 Å². The molecule has 0 unspecified atom stereocenters. The minimum absolute atomic E-state index is 0.107. The van der Waals surface area contributed by atoms with Crippen LogP contribution in [0.1, 0.15) is 16.8 Å². The molecular weight excluding hydrogens is 282 g/mol. The van der Waals surface area contributed by atoms with E-state index < -0.39 is 5.97 Å². The van der Waals surface area contributed by atoms with Gasteiger partial charge in [0.2, 0.25) is 0 Å². The van der Waals surface area contributed by atoms with Gasteiger partial charge in [0.15, 0.2) is 0 Å². The van der Waals surface area contributed by atoms with Gasteiger partial charge in [0.1, 0.15) is 5.75 Å². The smallest absolute Gasteiger partial charge is 0.305 e. The number of carboxylic acids is 1. The third-order valence-electron chi connectivity index (χ3n) is 3.20. The predicted octanol–water partition coefficient (Wildman–Crippen LogP) is 2.82. The molecule has 0 atom stereocenters. The Bertz CT molecular complexity index is 637. The second-order valence-corrected chi connectivity index (χ2v) is 4.66. The minimum atomic E-state index is -0.945. The van der Waals surface area contributed by atoms with Crippen LogP contribution in [-0.4, -0.2) is 30.6 Å². The molecule has 0 fully saturated rings. The number of ether oxygens (including phenoxy) is 1. The second-order valence-electron chi connectivity index (χ2n) is 4.66. The van der Waals surface area contributed by atoms with Gasteiger partial charge < -0.3 is 14.7 Å². The van der Waals surface area contributed by atoms with E-state index in [-0.39, 0.29) is 18.9 Å². The fraction of sp³-hybridized carbons (Fsp3) is 0.176. The molecule has 0 bridgehead atoms. The Balaban J connectivity index is 2.28. The number of carbonyl (C=O) groups excluding carboxylic acids is 1. The molecule has 114 valence electrons. The van der Waals surface area contributed by atoms with Gasteiger partial charge in [-0.3, -0.25) is 9.59 Å². The van der Waals surface area contributed by atoms with Gasteiger partial charge in [-0.2, -0.15) is 0 Å². The lowest BCUT2D eigenvalue weighted by atomic mass is 10.1. The van der Waals surface area contributed by atoms with Crippen LogP contribution in [0.25, 0.3) is 0 Å². The Morgan fingerprint density at radius 2 is 1.68 bits per heavy atom. The summed E-state index contributed by atoms with van der Waals surface area (Å²) < 4.78 is 5.09. The normalized spacial score (nSPS) is 10.0. The van der Waals surface area contributed by atoms with Crippen molar-refractivity contribution in [3.8, 4) is 5.75 Å². The maximum atomic E-state index is 12.6. The van der Waals surface area contributed by atoms with Gasteiger partial charge in [-0.25, -0.2) is 0 Å². The summed E-state index contributed by atoms with van der Waals surface area (Å²) in [5.74, 6) is -0.500. The van der Waals surface area contributed by atoms with Crippen molar-refractivity contribution < 1.29 is 19.4 Å². The maximum absolute atomic E-state index is 12.6. The number of benzene rings is 2. The summed E-state index contributed by atoms with van der Waals surface area (Å²) in [6, 6.07) is 15.7. The van der Waals surface area contributed by atoms with E-state index in [1.54, 1.807) is 55.6 Å². The molecule has 0 aromatic heterocycles. The van der Waals surface area contributed by atoms with Gasteiger partial charge in [-0.15, -0.1) is 0 Å². The number of nitrogens with zero attached hydrogens (tertiary/aromatic N) is 1. The van der Waals surface area contributed by atoms with Gasteiger partial charge >= 0.3 is 5.97 Å². The molecule has 22 heavy (non-hydrogen) atoms. The third kappa shape index (κ3) is 3.85. The van der Waals surface area contributed by atoms with Crippen LogP contribution in [0.2, 0.25) is 0 Å². The van der Waals surface area contributed by atoms with Crippen LogP contribution >= 0.6 is 0 Å². The quantitative estimate of drug-likeness (QED) is 0.890. The van der Waals surface area contributed by atoms with Crippen molar-refractivity contribution in [2.45, 2.75) is 6.42 Å². The number of hydrogen-bond donors (Lipinski definition) is 1. The van der Waals surface area contributed by atoms with Crippen LogP contribution in [-0.2, 0) is 4.79 Å². The SMILES string of the molecule is COc1ccc(N(CCC(=O)O)C(=O)c2ccccc2)cc1. The third-order valence-corrected chi connectivity index (χ3v) is 3.20. The Morgan fingerprint density at radius 1 is 1.05 bits per heavy atom. The fourth-order valence-electron chi connectivity index (χ4n) is 2.05. The highest BCUT2D eigenvalue weighted by atomic mass is 16.5. The van der Waals surface area contributed by atoms with E-state index in [2.05, 4.69) is 0 Å². The second kappa shape index (κ2) is 7.26. The Kier molecular flexibility index (Phi) is 5.14. The van der Waals surface area contributed by atoms with Crippen LogP contribution in [0.5, 0.6) is 5.75 Å². The van der Waals surface area contributed by atoms with Gasteiger partial charge in [-0.1, -0.05) is 18.2 Å². The highest BCUT2D eigenvalue weighted by molar-refractivity contribution is 6.06. The standard InChI is InChI=1S/C17H17NO4/c1-22-15-9-7-14(8-10-15)18(12-11-16(19)20)17(21)13-5-3-2-4-6-13/h2-10H,11-12H2,1H3,(H,19,20). The van der Waals surface area contributed by atoms with E-state index in [0.717, 1.165) is 0 Å². The predicted molar refractivity (Wildman–Crippen MR) is 83.4 cm³/mol. The number of hydrogen-bond acceptors (Lipinski definition) is 3. The molecule has 0 radical (unpaired) electrons. The largest absolute Gasteiger partial charge is 0.497 e. The van der Waals surface area contributed by atoms with E-state index in [4.69, 9.17) is 9.84 Å². The molecule has 5 nitrogen and oxygen atoms in total. The first-order valence-corrected chi connectivity index (χ1v) is 6.84. The number of rotatable bonds is 6. The van der Waals surface area contributed by atoms with Crippen molar-refractivity contribution in [2.75, 3.05) is 18.6 Å². The van der Waals surface area contributed by atoms with Crippen LogP contribution in [0.15, 0.2) is 54.6 Å². The zero-order valence-electron chi connectivity index (χ0n) is 12.2. The Morgan fingerprint density at radius 3 is 2.23 bits per heavy atom. The molecule has 0 aliphatic carbocycles. The van der Waals surface area contributed by atoms with Crippen LogP contribution in [0, 0.1) is 0 Å². The molecule has 0 saturated carbocycles. The summed E-state index contributed by atoms with van der Waals surface area (Å²) in [5.41, 5.74) is 1.15. The average molecular weight is 299 g/mol. The number of carboxylic acid groups (broad SMARTS) is 1. The molecule has 0 saturated heterocycles. The van der Waals surface area contributed by atoms with Gasteiger partial charge in [0.25, 0.3) is 5.91 Å². The lowest BCUT2D eigenvalue weighted by Gasteiger charge is -2.22. The lowest BCUT2D eigenvalue weighted by molar-refractivity contribution is -0.136. The molecule has 1 amide bonds. The zero-order chi connectivity index (χ0) is 15.9. The van der Waals surface area contributed by atoms with Crippen molar-refractivity contribution in [1.29, 1.82) is 0 Å². The van der Waals surface area contributed by atoms with Gasteiger partial charge in [0.05, 0.1) is 13.5 Å². The van der Waals surface area contributed by atoms with E-state index in [0.29, 0.717) is 17.0 Å². The molecule has 1 N–H and O–H groups in total. The van der Waals surface area contributed by atoms with Crippen LogP contribution in [0.4, 0.5) is 5.69 Å². The number of anilines is 1. The van der Waals surface area contributed by atoms with Crippen molar-refractivity contribution in [1.82, 2.24) is 0 Å². The summed E-state index contributed by atoms with van der Waals surface area (Å²) in [5, 5.41) is 8.89. The van der Waals surface area contributed by atoms with Gasteiger partial charge in [-0.05, 0) is 36.4 Å². The molecule has 2 aromatic carbocycles. The van der Waals surface area contributed by atoms with E-state index in [1.807, 2.05) is 6.07 Å². The van der Waals surface area contributed by atoms with Crippen LogP contribution < -0.4 is 9.64 Å². The fourth-order valence-corrected chi connectivity index (χ4v) is 2.05. The summed E-state index contributed by atoms with van der Waals surface area (Å²) >= 11 is 0. The molecule has 5 heteroatoms. The first-order valence-electron chi connectivity index (χ1n) is 6.84. The maximum Gasteiger partial charge on any atom is 0.305 e. The highest BCUT2D eigenvalue weighted by Gasteiger charge is 2.18. The van der Waals surface area contributed by atoms with E-state index in [9.17, 15) is 9.59 Å². The van der Waals surface area contributed by atoms with E-state index in [1.165, 1.54) is 4.90 Å². The molecule has 2 rings (SSSR count). The number of methoxy groups -OCH3 is 1. The topological polar surface area (TPSA) is 66.8 Å². The van der Waals surface area contributed by atoms with Gasteiger partial charge in [0, 0.05) is 17.8 Å². The molecular formula is C17H17NO4. The highest BCUT2D eigenvalue weighted by Crippen LogP contribution is 2.21. The number of carbonyl (C=O) groups is 2. The van der Waals surface area contributed by atoms with E-state index >= 15 is 0 Å². The molecule has 0 spiro atoms. The lowest BCUT2D eigenvalue weighted by Crippen LogP contribution is -2.33. The summed E-state index contributed by atoms with van der Waals surface area (Å²) in [6.07, 6.45) is -0.120. The summed E-state index contributed by atoms with van der Waals surface area (Å²) in [6.45, 7) is 0.107. The monoisotopic (exact) mass is 299 g/mol. The average Bonchev–Trinajstić information content (AvgIpc) is 2.56. The Labute approximate surface area is 128 Å². The van der Waals surface area contributed by atoms with Crippen LogP contribution in [0.3, 0.4) is 0 Å². The minimum Gasteiger partial charge on any atom is -0.497 e. The summed E-state index contributed by atoms with van der Waals surface area (Å²) in [4.78, 5) is 24.9. The number of amides is 1. The zero-order valence-corrected chi connectivity index (χ0v) is 12.2. The van der Waals surface area contributed by atoms with Crippen molar-refractivity contribution in [3.63, 3.8) is 0 Å². The molecule has 0 aliphatic heterocycles. The summed E-state index contributed by atoms with van der Waals surface area (Å²) in [7, 11) is 1.56. The van der Waals surface area contributed by atoms with Crippen molar-refractivity contribution in [3.05, 3.63) is 60.2 Å². The Hall–Kier alpha value is -2.82. The first-order chi connectivity index (χ1) is 10.6.